The van der Waals surface area contributed by atoms with Crippen molar-refractivity contribution in [2.24, 2.45) is 0 Å². The Hall–Kier alpha value is -2.68. The van der Waals surface area contributed by atoms with Gasteiger partial charge in [0.2, 0.25) is 0 Å². The number of benzene rings is 1. The van der Waals surface area contributed by atoms with Crippen LogP contribution < -0.4 is 0 Å². The van der Waals surface area contributed by atoms with E-state index in [1.54, 1.807) is 13.0 Å². The van der Waals surface area contributed by atoms with Crippen LogP contribution in [-0.4, -0.2) is 15.4 Å². The Labute approximate surface area is 117 Å². The summed E-state index contributed by atoms with van der Waals surface area (Å²) in [6, 6.07) is 15.9. The summed E-state index contributed by atoms with van der Waals surface area (Å²) >= 11 is 0. The number of hydrogen-bond donors (Lipinski definition) is 0. The van der Waals surface area contributed by atoms with E-state index in [-0.39, 0.29) is 5.78 Å². The predicted molar refractivity (Wildman–Crippen MR) is 80.3 cm³/mol. The molecule has 2 heterocycles. The summed E-state index contributed by atoms with van der Waals surface area (Å²) in [7, 11) is 0. The number of pyridine rings is 1. The van der Waals surface area contributed by atoms with Crippen LogP contribution in [0.3, 0.4) is 0 Å². The van der Waals surface area contributed by atoms with Crippen molar-refractivity contribution in [3.05, 3.63) is 66.4 Å². The van der Waals surface area contributed by atoms with Crippen molar-refractivity contribution < 1.29 is 4.79 Å². The van der Waals surface area contributed by atoms with Gasteiger partial charge in [-0.3, -0.25) is 4.79 Å². The van der Waals surface area contributed by atoms with Crippen LogP contribution in [0.15, 0.2) is 60.8 Å². The number of rotatable bonds is 3. The zero-order chi connectivity index (χ0) is 13.9. The minimum absolute atomic E-state index is 0.0271. The van der Waals surface area contributed by atoms with Gasteiger partial charge in [-0.1, -0.05) is 36.4 Å². The Morgan fingerprint density at radius 2 is 1.85 bits per heavy atom. The highest BCUT2D eigenvalue weighted by Crippen LogP contribution is 2.27. The molecule has 0 amide bonds. The van der Waals surface area contributed by atoms with Crippen LogP contribution in [0, 0.1) is 0 Å². The number of carbonyl (C=O) groups excluding carboxylic acids is 1. The summed E-state index contributed by atoms with van der Waals surface area (Å²) in [5.41, 5.74) is 3.88. The second kappa shape index (κ2) is 5.13. The van der Waals surface area contributed by atoms with Crippen molar-refractivity contribution in [1.29, 1.82) is 0 Å². The van der Waals surface area contributed by atoms with Crippen LogP contribution in [0.2, 0.25) is 0 Å². The number of ketones is 1. The maximum Gasteiger partial charge on any atom is 0.152 e. The molecular weight excluding hydrogens is 248 g/mol. The third-order valence-electron chi connectivity index (χ3n) is 3.11. The molecule has 0 atom stereocenters. The van der Waals surface area contributed by atoms with Gasteiger partial charge >= 0.3 is 0 Å². The third kappa shape index (κ3) is 2.26. The van der Waals surface area contributed by atoms with Gasteiger partial charge in [0.15, 0.2) is 5.78 Å². The van der Waals surface area contributed by atoms with Crippen molar-refractivity contribution in [3.8, 4) is 11.3 Å². The van der Waals surface area contributed by atoms with E-state index in [9.17, 15) is 4.79 Å². The molecular formula is C17H14N2O. The number of allylic oxidation sites excluding steroid dienone is 1. The highest BCUT2D eigenvalue weighted by atomic mass is 16.1. The third-order valence-corrected chi connectivity index (χ3v) is 3.11. The lowest BCUT2D eigenvalue weighted by molar-refractivity contribution is -0.112. The lowest BCUT2D eigenvalue weighted by atomic mass is 10.1. The predicted octanol–water partition coefficient (Wildman–Crippen LogP) is 3.60. The molecule has 0 aliphatic carbocycles. The van der Waals surface area contributed by atoms with Gasteiger partial charge < -0.3 is 0 Å². The fourth-order valence-corrected chi connectivity index (χ4v) is 2.19. The van der Waals surface area contributed by atoms with E-state index in [1.165, 1.54) is 0 Å². The molecule has 0 spiro atoms. The first-order valence-corrected chi connectivity index (χ1v) is 6.47. The number of fused-ring (bicyclic) bond motifs is 1. The molecule has 0 unspecified atom stereocenters. The molecule has 98 valence electrons. The van der Waals surface area contributed by atoms with Crippen LogP contribution in [0.1, 0.15) is 12.5 Å². The maximum absolute atomic E-state index is 11.2. The molecule has 1 aromatic carbocycles. The second-order valence-corrected chi connectivity index (χ2v) is 4.60. The van der Waals surface area contributed by atoms with Gasteiger partial charge in [0, 0.05) is 17.3 Å². The molecule has 0 aliphatic heterocycles. The van der Waals surface area contributed by atoms with Crippen molar-refractivity contribution >= 4 is 17.4 Å². The number of carbonyl (C=O) groups is 1. The van der Waals surface area contributed by atoms with Crippen LogP contribution >= 0.6 is 0 Å². The first-order chi connectivity index (χ1) is 9.75. The maximum atomic E-state index is 11.2. The average molecular weight is 262 g/mol. The van der Waals surface area contributed by atoms with Gasteiger partial charge in [0.25, 0.3) is 0 Å². The standard InChI is InChI=1S/C17H14N2O/c1-13(20)10-11-15-16-9-5-6-12-19(16)18-17(15)14-7-3-2-4-8-14/h2-12H,1H3. The fraction of sp³-hybridized carbons (Fsp3) is 0.0588. The first kappa shape index (κ1) is 12.4. The first-order valence-electron chi connectivity index (χ1n) is 6.47. The molecule has 3 aromatic rings. The lowest BCUT2D eigenvalue weighted by Crippen LogP contribution is -1.84. The fourth-order valence-electron chi connectivity index (χ4n) is 2.19. The van der Waals surface area contributed by atoms with Gasteiger partial charge in [0.1, 0.15) is 5.69 Å². The molecule has 2 aromatic heterocycles. The Morgan fingerprint density at radius 1 is 1.10 bits per heavy atom. The van der Waals surface area contributed by atoms with Gasteiger partial charge in [-0.2, -0.15) is 5.10 Å². The zero-order valence-corrected chi connectivity index (χ0v) is 11.2. The summed E-state index contributed by atoms with van der Waals surface area (Å²) < 4.78 is 1.84. The molecule has 0 saturated carbocycles. The van der Waals surface area contributed by atoms with Crippen LogP contribution in [-0.2, 0) is 4.79 Å². The Kier molecular flexibility index (Phi) is 3.17. The number of aromatic nitrogens is 2. The molecule has 0 bridgehead atoms. The average Bonchev–Trinajstić information content (AvgIpc) is 2.84. The van der Waals surface area contributed by atoms with E-state index in [1.807, 2.05) is 65.3 Å². The van der Waals surface area contributed by atoms with Crippen LogP contribution in [0.25, 0.3) is 22.9 Å². The summed E-state index contributed by atoms with van der Waals surface area (Å²) in [6.45, 7) is 1.55. The Balaban J connectivity index is 2.25. The monoisotopic (exact) mass is 262 g/mol. The van der Waals surface area contributed by atoms with E-state index in [2.05, 4.69) is 5.10 Å². The molecule has 3 heteroatoms. The van der Waals surface area contributed by atoms with Gasteiger partial charge in [-0.15, -0.1) is 0 Å². The van der Waals surface area contributed by atoms with Crippen molar-refractivity contribution in [2.75, 3.05) is 0 Å². The topological polar surface area (TPSA) is 34.4 Å². The minimum Gasteiger partial charge on any atom is -0.295 e. The Bertz CT molecular complexity index is 785. The molecule has 0 N–H and O–H groups in total. The van der Waals surface area contributed by atoms with Crippen LogP contribution in [0.5, 0.6) is 0 Å². The summed E-state index contributed by atoms with van der Waals surface area (Å²) in [5, 5.41) is 4.61. The number of nitrogens with zero attached hydrogens (tertiary/aromatic N) is 2. The second-order valence-electron chi connectivity index (χ2n) is 4.60. The highest BCUT2D eigenvalue weighted by molar-refractivity contribution is 5.95. The lowest BCUT2D eigenvalue weighted by Gasteiger charge is -1.98. The normalized spacial score (nSPS) is 11.2. The van der Waals surface area contributed by atoms with Gasteiger partial charge in [0.05, 0.1) is 5.52 Å². The molecule has 0 fully saturated rings. The highest BCUT2D eigenvalue weighted by Gasteiger charge is 2.11. The van der Waals surface area contributed by atoms with E-state index < -0.39 is 0 Å². The quantitative estimate of drug-likeness (QED) is 0.676. The molecule has 3 nitrogen and oxygen atoms in total. The van der Waals surface area contributed by atoms with Crippen molar-refractivity contribution in [2.45, 2.75) is 6.92 Å². The number of hydrogen-bond acceptors (Lipinski definition) is 2. The largest absolute Gasteiger partial charge is 0.295 e. The summed E-state index contributed by atoms with van der Waals surface area (Å²) in [5.74, 6) is 0.0271. The Morgan fingerprint density at radius 3 is 2.60 bits per heavy atom. The minimum atomic E-state index is 0.0271. The SMILES string of the molecule is CC(=O)C=Cc1c(-c2ccccc2)nn2ccccc12. The molecule has 20 heavy (non-hydrogen) atoms. The van der Waals surface area contributed by atoms with E-state index in [4.69, 9.17) is 0 Å². The molecule has 0 saturated heterocycles. The summed E-state index contributed by atoms with van der Waals surface area (Å²) in [6.07, 6.45) is 5.33. The summed E-state index contributed by atoms with van der Waals surface area (Å²) in [4.78, 5) is 11.2. The molecule has 0 aliphatic rings. The van der Waals surface area contributed by atoms with Crippen molar-refractivity contribution in [3.63, 3.8) is 0 Å². The molecule has 3 rings (SSSR count). The van der Waals surface area contributed by atoms with Gasteiger partial charge in [-0.05, 0) is 31.2 Å². The van der Waals surface area contributed by atoms with E-state index in [0.717, 1.165) is 22.3 Å². The van der Waals surface area contributed by atoms with Crippen LogP contribution in [0.4, 0.5) is 0 Å². The van der Waals surface area contributed by atoms with Crippen molar-refractivity contribution in [1.82, 2.24) is 9.61 Å². The van der Waals surface area contributed by atoms with E-state index >= 15 is 0 Å². The zero-order valence-electron chi connectivity index (χ0n) is 11.2. The van der Waals surface area contributed by atoms with E-state index in [0.29, 0.717) is 0 Å². The van der Waals surface area contributed by atoms with Gasteiger partial charge in [-0.25, -0.2) is 4.52 Å². The molecule has 0 radical (unpaired) electrons. The smallest absolute Gasteiger partial charge is 0.152 e.